The van der Waals surface area contributed by atoms with Gasteiger partial charge in [-0.25, -0.2) is 4.79 Å². The fraction of sp³-hybridized carbons (Fsp3) is 0.500. The summed E-state index contributed by atoms with van der Waals surface area (Å²) in [5, 5.41) is 2.03. The van der Waals surface area contributed by atoms with E-state index in [0.29, 0.717) is 0 Å². The molecule has 5 heteroatoms. The number of carbonyl (C=O) groups excluding carboxylic acids is 2. The number of nitrogens with one attached hydrogen (secondary N) is 1. The summed E-state index contributed by atoms with van der Waals surface area (Å²) < 4.78 is 4.13. The number of halogens is 1. The van der Waals surface area contributed by atoms with Crippen molar-refractivity contribution in [3.05, 3.63) is 0 Å². The van der Waals surface area contributed by atoms with E-state index < -0.39 is 12.0 Å². The highest BCUT2D eigenvalue weighted by atomic mass is 79.9. The van der Waals surface area contributed by atoms with Gasteiger partial charge in [0.2, 0.25) is 5.91 Å². The van der Waals surface area contributed by atoms with Crippen molar-refractivity contribution in [1.29, 1.82) is 0 Å². The van der Waals surface area contributed by atoms with Crippen LogP contribution >= 0.6 is 15.9 Å². The molecule has 4 nitrogen and oxygen atoms in total. The minimum Gasteiger partial charge on any atom is -0.453 e. The van der Waals surface area contributed by atoms with Gasteiger partial charge in [0.15, 0.2) is 0 Å². The second-order valence-corrected chi connectivity index (χ2v) is 1.73. The van der Waals surface area contributed by atoms with Crippen LogP contribution in [0, 0.1) is 0 Å². The topological polar surface area (TPSA) is 55.4 Å². The zero-order valence-corrected chi connectivity index (χ0v) is 6.40. The molecule has 0 spiro atoms. The molecule has 0 aliphatic heterocycles. The van der Waals surface area contributed by atoms with Crippen LogP contribution in [0.4, 0.5) is 4.79 Å². The summed E-state index contributed by atoms with van der Waals surface area (Å²) in [6, 6.07) is 0. The summed E-state index contributed by atoms with van der Waals surface area (Å²) >= 11 is 2.85. The van der Waals surface area contributed by atoms with Crippen molar-refractivity contribution in [1.82, 2.24) is 5.32 Å². The normalized spacial score (nSPS) is 8.22. The largest absolute Gasteiger partial charge is 0.453 e. The van der Waals surface area contributed by atoms with Crippen molar-refractivity contribution in [3.63, 3.8) is 0 Å². The molecular weight excluding hydrogens is 190 g/mol. The van der Waals surface area contributed by atoms with Gasteiger partial charge in [0.1, 0.15) is 0 Å². The van der Waals surface area contributed by atoms with E-state index in [4.69, 9.17) is 0 Å². The number of methoxy groups -OCH3 is 1. The zero-order chi connectivity index (χ0) is 7.28. The molecule has 0 rings (SSSR count). The molecule has 1 N–H and O–H groups in total. The van der Waals surface area contributed by atoms with Crippen molar-refractivity contribution in [3.8, 4) is 0 Å². The molecule has 0 radical (unpaired) electrons. The lowest BCUT2D eigenvalue weighted by atomic mass is 10.7. The second kappa shape index (κ2) is 4.31. The van der Waals surface area contributed by atoms with E-state index in [-0.39, 0.29) is 5.33 Å². The monoisotopic (exact) mass is 195 g/mol. The lowest BCUT2D eigenvalue weighted by Crippen LogP contribution is -2.30. The summed E-state index contributed by atoms with van der Waals surface area (Å²) in [5.74, 6) is -0.415. The highest BCUT2D eigenvalue weighted by Crippen LogP contribution is 1.79. The average molecular weight is 196 g/mol. The van der Waals surface area contributed by atoms with Crippen LogP contribution in [0.25, 0.3) is 0 Å². The van der Waals surface area contributed by atoms with Crippen LogP contribution < -0.4 is 5.32 Å². The lowest BCUT2D eigenvalue weighted by Gasteiger charge is -1.96. The Morgan fingerprint density at radius 1 is 1.67 bits per heavy atom. The van der Waals surface area contributed by atoms with Gasteiger partial charge < -0.3 is 4.74 Å². The van der Waals surface area contributed by atoms with Gasteiger partial charge in [0, 0.05) is 0 Å². The van der Waals surface area contributed by atoms with Gasteiger partial charge >= 0.3 is 6.09 Å². The highest BCUT2D eigenvalue weighted by Gasteiger charge is 2.02. The predicted molar refractivity (Wildman–Crippen MR) is 34.3 cm³/mol. The number of carbonyl (C=O) groups is 2. The van der Waals surface area contributed by atoms with Crippen LogP contribution in [-0.2, 0) is 9.53 Å². The van der Waals surface area contributed by atoms with Crippen LogP contribution in [0.15, 0.2) is 0 Å². The number of amides is 2. The number of rotatable bonds is 1. The summed E-state index contributed by atoms with van der Waals surface area (Å²) in [7, 11) is 1.19. The highest BCUT2D eigenvalue weighted by molar-refractivity contribution is 9.09. The fourth-order valence-electron chi connectivity index (χ4n) is 0.198. The fourth-order valence-corrected chi connectivity index (χ4v) is 0.338. The number of imide groups is 1. The predicted octanol–water partition coefficient (Wildman–Crippen LogP) is 0.264. The Labute approximate surface area is 60.7 Å². The minimum atomic E-state index is -0.737. The van der Waals surface area contributed by atoms with Gasteiger partial charge in [-0.15, -0.1) is 0 Å². The summed E-state index contributed by atoms with van der Waals surface area (Å²) in [6.07, 6.45) is -0.737. The van der Waals surface area contributed by atoms with Gasteiger partial charge in [0.05, 0.1) is 12.4 Å². The van der Waals surface area contributed by atoms with Crippen LogP contribution in [0.5, 0.6) is 0 Å². The molecule has 0 unspecified atom stereocenters. The first-order chi connectivity index (χ1) is 4.20. The van der Waals surface area contributed by atoms with Gasteiger partial charge in [-0.05, 0) is 0 Å². The average Bonchev–Trinajstić information content (AvgIpc) is 1.87. The summed E-state index contributed by atoms with van der Waals surface area (Å²) in [4.78, 5) is 20.5. The maximum Gasteiger partial charge on any atom is 0.413 e. The van der Waals surface area contributed by atoms with Crippen LogP contribution in [0.3, 0.4) is 0 Å². The molecule has 0 aromatic heterocycles. The number of hydrogen-bond donors (Lipinski definition) is 1. The number of ether oxygens (including phenoxy) is 1. The van der Waals surface area contributed by atoms with Crippen LogP contribution in [-0.4, -0.2) is 24.4 Å². The molecule has 0 aromatic carbocycles. The maximum atomic E-state index is 10.3. The smallest absolute Gasteiger partial charge is 0.413 e. The first kappa shape index (κ1) is 8.42. The number of alkyl halides is 1. The van der Waals surface area contributed by atoms with Crippen molar-refractivity contribution >= 4 is 27.9 Å². The SMILES string of the molecule is COC(=O)NC(=O)CBr. The third kappa shape index (κ3) is 3.96. The molecule has 0 heterocycles. The molecule has 0 saturated heterocycles. The molecule has 0 fully saturated rings. The Morgan fingerprint density at radius 2 is 2.22 bits per heavy atom. The van der Waals surface area contributed by atoms with Gasteiger partial charge in [-0.2, -0.15) is 0 Å². The van der Waals surface area contributed by atoms with Gasteiger partial charge in [-0.1, -0.05) is 15.9 Å². The van der Waals surface area contributed by atoms with E-state index in [2.05, 4.69) is 20.7 Å². The molecule has 0 atom stereocenters. The van der Waals surface area contributed by atoms with E-state index in [1.54, 1.807) is 0 Å². The van der Waals surface area contributed by atoms with Gasteiger partial charge in [0.25, 0.3) is 0 Å². The number of hydrogen-bond acceptors (Lipinski definition) is 3. The van der Waals surface area contributed by atoms with E-state index >= 15 is 0 Å². The first-order valence-corrected chi connectivity index (χ1v) is 3.26. The van der Waals surface area contributed by atoms with E-state index in [9.17, 15) is 9.59 Å². The Bertz CT molecular complexity index is 111. The van der Waals surface area contributed by atoms with Gasteiger partial charge in [-0.3, -0.25) is 10.1 Å². The third-order valence-corrected chi connectivity index (χ3v) is 1.06. The first-order valence-electron chi connectivity index (χ1n) is 2.14. The molecule has 0 saturated carbocycles. The van der Waals surface area contributed by atoms with Crippen LogP contribution in [0.2, 0.25) is 0 Å². The molecule has 0 aromatic rings. The van der Waals surface area contributed by atoms with E-state index in [0.717, 1.165) is 0 Å². The molecular formula is C4H6BrNO3. The Balaban J connectivity index is 3.47. The Hall–Kier alpha value is -0.580. The van der Waals surface area contributed by atoms with E-state index in [1.165, 1.54) is 7.11 Å². The summed E-state index contributed by atoms with van der Waals surface area (Å²) in [5.41, 5.74) is 0. The molecule has 0 bridgehead atoms. The van der Waals surface area contributed by atoms with Crippen molar-refractivity contribution < 1.29 is 14.3 Å². The van der Waals surface area contributed by atoms with Crippen molar-refractivity contribution in [2.75, 3.05) is 12.4 Å². The molecule has 0 aliphatic carbocycles. The molecule has 52 valence electrons. The quantitative estimate of drug-likeness (QED) is 0.612. The standard InChI is InChI=1S/C4H6BrNO3/c1-9-4(8)6-3(7)2-5/h2H2,1H3,(H,6,7,8). The Kier molecular flexibility index (Phi) is 4.04. The van der Waals surface area contributed by atoms with Crippen molar-refractivity contribution in [2.45, 2.75) is 0 Å². The molecule has 9 heavy (non-hydrogen) atoms. The van der Waals surface area contributed by atoms with Crippen molar-refractivity contribution in [2.24, 2.45) is 0 Å². The third-order valence-electron chi connectivity index (χ3n) is 0.548. The number of alkyl carbamates (subject to hydrolysis) is 1. The molecule has 2 amide bonds. The zero-order valence-electron chi connectivity index (χ0n) is 4.81. The van der Waals surface area contributed by atoms with E-state index in [1.807, 2.05) is 5.32 Å². The van der Waals surface area contributed by atoms with Crippen LogP contribution in [0.1, 0.15) is 0 Å². The maximum absolute atomic E-state index is 10.3. The lowest BCUT2D eigenvalue weighted by molar-refractivity contribution is -0.117. The molecule has 0 aliphatic rings. The minimum absolute atomic E-state index is 0.0993. The Morgan fingerprint density at radius 3 is 2.56 bits per heavy atom. The second-order valence-electron chi connectivity index (χ2n) is 1.17. The summed E-state index contributed by atoms with van der Waals surface area (Å²) in [6.45, 7) is 0.